The largest absolute Gasteiger partial charge is 0.227 e. The van der Waals surface area contributed by atoms with Gasteiger partial charge in [0.15, 0.2) is 5.82 Å². The summed E-state index contributed by atoms with van der Waals surface area (Å²) in [7, 11) is 0. The molecule has 1 aromatic carbocycles. The minimum atomic E-state index is 0.484. The number of benzene rings is 1. The maximum atomic E-state index is 6.24. The third kappa shape index (κ3) is 1.99. The Morgan fingerprint density at radius 2 is 1.89 bits per heavy atom. The molecule has 0 N–H and O–H groups in total. The van der Waals surface area contributed by atoms with Gasteiger partial charge < -0.3 is 0 Å². The van der Waals surface area contributed by atoms with E-state index in [2.05, 4.69) is 9.97 Å². The highest BCUT2D eigenvalue weighted by Gasteiger charge is 2.11. The van der Waals surface area contributed by atoms with Gasteiger partial charge in [0, 0.05) is 5.39 Å². The van der Waals surface area contributed by atoms with E-state index in [0.717, 1.165) is 21.3 Å². The van der Waals surface area contributed by atoms with E-state index in [1.54, 1.807) is 0 Å². The molecular weight excluding hydrogens is 287 g/mol. The Balaban J connectivity index is 2.28. The van der Waals surface area contributed by atoms with Crippen molar-refractivity contribution >= 4 is 45.4 Å². The summed E-state index contributed by atoms with van der Waals surface area (Å²) in [6.07, 6.45) is 0. The maximum absolute atomic E-state index is 6.24. The topological polar surface area (TPSA) is 25.8 Å². The highest BCUT2D eigenvalue weighted by Crippen LogP contribution is 2.32. The van der Waals surface area contributed by atoms with Crippen LogP contribution in [0.25, 0.3) is 21.6 Å². The SMILES string of the molecule is Cc1cccc2nc(-c3ccc(Cl)s3)nc(Cl)c12. The van der Waals surface area contributed by atoms with Gasteiger partial charge in [-0.2, -0.15) is 0 Å². The number of hydrogen-bond acceptors (Lipinski definition) is 3. The molecule has 0 radical (unpaired) electrons. The molecule has 0 fully saturated rings. The average molecular weight is 295 g/mol. The summed E-state index contributed by atoms with van der Waals surface area (Å²) >= 11 is 13.6. The Hall–Kier alpha value is -1.16. The van der Waals surface area contributed by atoms with Gasteiger partial charge in [0.25, 0.3) is 0 Å². The van der Waals surface area contributed by atoms with E-state index in [4.69, 9.17) is 23.2 Å². The zero-order valence-electron chi connectivity index (χ0n) is 9.45. The predicted molar refractivity (Wildman–Crippen MR) is 77.6 cm³/mol. The third-order valence-corrected chi connectivity index (χ3v) is 4.18. The summed E-state index contributed by atoms with van der Waals surface area (Å²) in [4.78, 5) is 9.81. The molecule has 2 heterocycles. The van der Waals surface area contributed by atoms with Crippen molar-refractivity contribution in [3.05, 3.63) is 45.4 Å². The fourth-order valence-corrected chi connectivity index (χ4v) is 3.15. The molecule has 0 bridgehead atoms. The Bertz CT molecular complexity index is 737. The lowest BCUT2D eigenvalue weighted by atomic mass is 10.1. The second-order valence-corrected chi connectivity index (χ2v) is 5.98. The van der Waals surface area contributed by atoms with Crippen molar-refractivity contribution in [2.45, 2.75) is 6.92 Å². The van der Waals surface area contributed by atoms with Gasteiger partial charge in [0.05, 0.1) is 14.7 Å². The van der Waals surface area contributed by atoms with E-state index < -0.39 is 0 Å². The molecule has 90 valence electrons. The Morgan fingerprint density at radius 1 is 1.06 bits per heavy atom. The highest BCUT2D eigenvalue weighted by atomic mass is 35.5. The Morgan fingerprint density at radius 3 is 2.61 bits per heavy atom. The normalized spacial score (nSPS) is 11.1. The average Bonchev–Trinajstić information content (AvgIpc) is 2.75. The molecular formula is C13H8Cl2N2S. The molecule has 0 aliphatic carbocycles. The van der Waals surface area contributed by atoms with Crippen molar-refractivity contribution in [3.63, 3.8) is 0 Å². The van der Waals surface area contributed by atoms with Crippen molar-refractivity contribution < 1.29 is 0 Å². The summed E-state index contributed by atoms with van der Waals surface area (Å²) < 4.78 is 0.717. The molecule has 3 rings (SSSR count). The molecule has 0 unspecified atom stereocenters. The molecule has 0 atom stereocenters. The van der Waals surface area contributed by atoms with Crippen LogP contribution in [0.1, 0.15) is 5.56 Å². The summed E-state index contributed by atoms with van der Waals surface area (Å²) in [6, 6.07) is 9.64. The van der Waals surface area contributed by atoms with E-state index in [1.165, 1.54) is 11.3 Å². The van der Waals surface area contributed by atoms with E-state index in [-0.39, 0.29) is 0 Å². The van der Waals surface area contributed by atoms with Crippen LogP contribution < -0.4 is 0 Å². The lowest BCUT2D eigenvalue weighted by molar-refractivity contribution is 1.23. The first-order valence-corrected chi connectivity index (χ1v) is 6.91. The van der Waals surface area contributed by atoms with Crippen LogP contribution in [0.4, 0.5) is 0 Å². The minimum Gasteiger partial charge on any atom is -0.227 e. The lowest BCUT2D eigenvalue weighted by Crippen LogP contribution is -1.91. The number of fused-ring (bicyclic) bond motifs is 1. The van der Waals surface area contributed by atoms with Crippen LogP contribution >= 0.6 is 34.5 Å². The van der Waals surface area contributed by atoms with Crippen molar-refractivity contribution in [1.82, 2.24) is 9.97 Å². The second-order valence-electron chi connectivity index (χ2n) is 3.91. The first-order valence-electron chi connectivity index (χ1n) is 5.34. The van der Waals surface area contributed by atoms with E-state index in [0.29, 0.717) is 15.3 Å². The highest BCUT2D eigenvalue weighted by molar-refractivity contribution is 7.19. The number of rotatable bonds is 1. The number of aromatic nitrogens is 2. The molecule has 0 saturated carbocycles. The molecule has 0 amide bonds. The molecule has 0 saturated heterocycles. The smallest absolute Gasteiger partial charge is 0.171 e. The van der Waals surface area contributed by atoms with Crippen LogP contribution in [0.15, 0.2) is 30.3 Å². The molecule has 5 heteroatoms. The van der Waals surface area contributed by atoms with Gasteiger partial charge in [0.2, 0.25) is 0 Å². The van der Waals surface area contributed by atoms with Crippen LogP contribution in [0.2, 0.25) is 9.49 Å². The molecule has 0 aliphatic heterocycles. The maximum Gasteiger partial charge on any atom is 0.171 e. The molecule has 2 nitrogen and oxygen atoms in total. The van der Waals surface area contributed by atoms with E-state index in [9.17, 15) is 0 Å². The van der Waals surface area contributed by atoms with Crippen LogP contribution in [-0.2, 0) is 0 Å². The lowest BCUT2D eigenvalue weighted by Gasteiger charge is -2.05. The summed E-state index contributed by atoms with van der Waals surface area (Å²) in [5.41, 5.74) is 1.93. The molecule has 0 spiro atoms. The van der Waals surface area contributed by atoms with E-state index >= 15 is 0 Å². The van der Waals surface area contributed by atoms with Crippen LogP contribution in [-0.4, -0.2) is 9.97 Å². The monoisotopic (exact) mass is 294 g/mol. The van der Waals surface area contributed by atoms with Gasteiger partial charge in [-0.3, -0.25) is 0 Å². The zero-order chi connectivity index (χ0) is 12.7. The third-order valence-electron chi connectivity index (χ3n) is 2.68. The Labute approximate surface area is 118 Å². The van der Waals surface area contributed by atoms with E-state index in [1.807, 2.05) is 37.3 Å². The van der Waals surface area contributed by atoms with Gasteiger partial charge in [0.1, 0.15) is 5.15 Å². The fraction of sp³-hybridized carbons (Fsp3) is 0.0769. The van der Waals surface area contributed by atoms with Gasteiger partial charge in [-0.25, -0.2) is 9.97 Å². The van der Waals surface area contributed by atoms with Gasteiger partial charge in [-0.15, -0.1) is 11.3 Å². The van der Waals surface area contributed by atoms with Crippen molar-refractivity contribution in [2.24, 2.45) is 0 Å². The summed E-state index contributed by atoms with van der Waals surface area (Å²) in [6.45, 7) is 2.00. The number of halogens is 2. The van der Waals surface area contributed by atoms with Gasteiger partial charge >= 0.3 is 0 Å². The quantitative estimate of drug-likeness (QED) is 0.592. The zero-order valence-corrected chi connectivity index (χ0v) is 11.8. The van der Waals surface area contributed by atoms with Gasteiger partial charge in [-0.1, -0.05) is 35.3 Å². The first-order chi connectivity index (χ1) is 8.65. The van der Waals surface area contributed by atoms with Crippen LogP contribution in [0.3, 0.4) is 0 Å². The number of nitrogens with zero attached hydrogens (tertiary/aromatic N) is 2. The number of aryl methyl sites for hydroxylation is 1. The van der Waals surface area contributed by atoms with Crippen molar-refractivity contribution in [2.75, 3.05) is 0 Å². The minimum absolute atomic E-state index is 0.484. The van der Waals surface area contributed by atoms with Crippen molar-refractivity contribution in [3.8, 4) is 10.7 Å². The summed E-state index contributed by atoms with van der Waals surface area (Å²) in [5.74, 6) is 0.620. The first kappa shape index (κ1) is 11.9. The standard InChI is InChI=1S/C13H8Cl2N2S/c1-7-3-2-4-8-11(7)12(15)17-13(16-8)9-5-6-10(14)18-9/h2-6H,1H3. The van der Waals surface area contributed by atoms with Crippen LogP contribution in [0, 0.1) is 6.92 Å². The molecule has 2 aromatic heterocycles. The molecule has 18 heavy (non-hydrogen) atoms. The fourth-order valence-electron chi connectivity index (χ4n) is 1.85. The van der Waals surface area contributed by atoms with Crippen LogP contribution in [0.5, 0.6) is 0 Å². The summed E-state index contributed by atoms with van der Waals surface area (Å²) in [5, 5.41) is 1.39. The second kappa shape index (κ2) is 4.50. The Kier molecular flexibility index (Phi) is 2.98. The number of thiophene rings is 1. The van der Waals surface area contributed by atoms with Crippen molar-refractivity contribution in [1.29, 1.82) is 0 Å². The molecule has 3 aromatic rings. The predicted octanol–water partition coefficient (Wildman–Crippen LogP) is 4.97. The van der Waals surface area contributed by atoms with Gasteiger partial charge in [-0.05, 0) is 30.7 Å². The number of hydrogen-bond donors (Lipinski definition) is 0. The molecule has 0 aliphatic rings.